The molecule has 0 radical (unpaired) electrons. The van der Waals surface area contributed by atoms with Gasteiger partial charge in [-0.15, -0.1) is 0 Å². The average molecular weight is 283 g/mol. The Morgan fingerprint density at radius 1 is 1.05 bits per heavy atom. The number of hydrogen-bond acceptors (Lipinski definition) is 5. The molecular weight excluding hydrogens is 266 g/mol. The summed E-state index contributed by atoms with van der Waals surface area (Å²) in [5, 5.41) is 8.84. The number of ether oxygens (including phenoxy) is 2. The molecule has 0 saturated heterocycles. The summed E-state index contributed by atoms with van der Waals surface area (Å²) in [5.41, 5.74) is 9.01. The summed E-state index contributed by atoms with van der Waals surface area (Å²) in [6.07, 6.45) is 0. The van der Waals surface area contributed by atoms with Crippen LogP contribution in [0.2, 0.25) is 0 Å². The lowest BCUT2D eigenvalue weighted by Crippen LogP contribution is -2.12. The molecule has 0 heterocycles. The van der Waals surface area contributed by atoms with Crippen molar-refractivity contribution in [3.8, 4) is 17.6 Å². The van der Waals surface area contributed by atoms with Crippen LogP contribution < -0.4 is 20.1 Å². The van der Waals surface area contributed by atoms with Crippen LogP contribution in [0.5, 0.6) is 11.5 Å². The molecule has 0 aliphatic carbocycles. The highest BCUT2D eigenvalue weighted by Gasteiger charge is 2.13. The van der Waals surface area contributed by atoms with Gasteiger partial charge in [0.25, 0.3) is 0 Å². The quantitative estimate of drug-likeness (QED) is 0.873. The van der Waals surface area contributed by atoms with E-state index in [0.717, 1.165) is 11.4 Å². The van der Waals surface area contributed by atoms with Gasteiger partial charge in [0.2, 0.25) is 0 Å². The molecule has 21 heavy (non-hydrogen) atoms. The van der Waals surface area contributed by atoms with Crippen molar-refractivity contribution >= 4 is 17.1 Å². The van der Waals surface area contributed by atoms with Crippen molar-refractivity contribution in [1.29, 1.82) is 5.26 Å². The van der Waals surface area contributed by atoms with E-state index >= 15 is 0 Å². The van der Waals surface area contributed by atoms with Crippen LogP contribution in [0.4, 0.5) is 17.1 Å². The maximum atomic E-state index is 8.84. The van der Waals surface area contributed by atoms with Crippen LogP contribution in [0.25, 0.3) is 0 Å². The zero-order valence-electron chi connectivity index (χ0n) is 12.3. The number of nitrogens with two attached hydrogens (primary N) is 1. The highest BCUT2D eigenvalue weighted by Crippen LogP contribution is 2.38. The fraction of sp³-hybridized carbons (Fsp3) is 0.188. The number of nitrogen functional groups attached to an aromatic ring is 1. The molecule has 2 aromatic carbocycles. The predicted octanol–water partition coefficient (Wildman–Crippen LogP) is 2.93. The first kappa shape index (κ1) is 14.5. The monoisotopic (exact) mass is 283 g/mol. The summed E-state index contributed by atoms with van der Waals surface area (Å²) in [4.78, 5) is 1.93. The van der Waals surface area contributed by atoms with Crippen molar-refractivity contribution in [1.82, 2.24) is 0 Å². The molecule has 0 aliphatic rings. The largest absolute Gasteiger partial charge is 0.493 e. The lowest BCUT2D eigenvalue weighted by Gasteiger charge is -2.23. The lowest BCUT2D eigenvalue weighted by atomic mass is 10.1. The molecule has 0 aromatic heterocycles. The van der Waals surface area contributed by atoms with Crippen LogP contribution in [0.3, 0.4) is 0 Å². The van der Waals surface area contributed by atoms with E-state index in [2.05, 4.69) is 6.07 Å². The van der Waals surface area contributed by atoms with Gasteiger partial charge in [0.1, 0.15) is 0 Å². The number of nitrogens with zero attached hydrogens (tertiary/aromatic N) is 2. The van der Waals surface area contributed by atoms with Gasteiger partial charge < -0.3 is 20.1 Å². The summed E-state index contributed by atoms with van der Waals surface area (Å²) >= 11 is 0. The first-order chi connectivity index (χ1) is 10.1. The van der Waals surface area contributed by atoms with E-state index in [1.165, 1.54) is 0 Å². The van der Waals surface area contributed by atoms with Crippen molar-refractivity contribution < 1.29 is 9.47 Å². The second kappa shape index (κ2) is 6.06. The number of methoxy groups -OCH3 is 2. The zero-order chi connectivity index (χ0) is 15.4. The third kappa shape index (κ3) is 2.84. The molecule has 108 valence electrons. The van der Waals surface area contributed by atoms with Gasteiger partial charge in [0, 0.05) is 24.9 Å². The van der Waals surface area contributed by atoms with Gasteiger partial charge in [0.05, 0.1) is 37.2 Å². The minimum atomic E-state index is 0.583. The zero-order valence-corrected chi connectivity index (χ0v) is 12.3. The minimum absolute atomic E-state index is 0.583. The number of hydrogen-bond donors (Lipinski definition) is 1. The second-order valence-corrected chi connectivity index (χ2v) is 4.48. The minimum Gasteiger partial charge on any atom is -0.493 e. The van der Waals surface area contributed by atoms with E-state index < -0.39 is 0 Å². The topological polar surface area (TPSA) is 71.5 Å². The van der Waals surface area contributed by atoms with Crippen LogP contribution in [0.15, 0.2) is 36.4 Å². The Kier molecular flexibility index (Phi) is 4.19. The van der Waals surface area contributed by atoms with Gasteiger partial charge in [-0.05, 0) is 24.3 Å². The van der Waals surface area contributed by atoms with E-state index in [0.29, 0.717) is 22.7 Å². The molecule has 2 rings (SSSR count). The van der Waals surface area contributed by atoms with Crippen molar-refractivity contribution in [2.75, 3.05) is 31.9 Å². The van der Waals surface area contributed by atoms with Crippen molar-refractivity contribution in [2.24, 2.45) is 0 Å². The van der Waals surface area contributed by atoms with Crippen LogP contribution >= 0.6 is 0 Å². The summed E-state index contributed by atoms with van der Waals surface area (Å²) in [6.45, 7) is 0. The fourth-order valence-corrected chi connectivity index (χ4v) is 2.07. The Hall–Kier alpha value is -2.87. The van der Waals surface area contributed by atoms with Gasteiger partial charge in [-0.2, -0.15) is 5.26 Å². The number of benzene rings is 2. The van der Waals surface area contributed by atoms with Crippen molar-refractivity contribution in [2.45, 2.75) is 0 Å². The maximum absolute atomic E-state index is 8.84. The molecular formula is C16H17N3O2. The third-order valence-electron chi connectivity index (χ3n) is 3.28. The van der Waals surface area contributed by atoms with Crippen LogP contribution in [-0.4, -0.2) is 21.3 Å². The molecule has 0 saturated carbocycles. The number of anilines is 3. The summed E-state index contributed by atoms with van der Waals surface area (Å²) in [5.74, 6) is 1.20. The van der Waals surface area contributed by atoms with Crippen molar-refractivity contribution in [3.63, 3.8) is 0 Å². The molecule has 0 fully saturated rings. The Balaban J connectivity index is 2.42. The van der Waals surface area contributed by atoms with Gasteiger partial charge >= 0.3 is 0 Å². The van der Waals surface area contributed by atoms with E-state index in [9.17, 15) is 0 Å². The average Bonchev–Trinajstić information content (AvgIpc) is 2.54. The lowest BCUT2D eigenvalue weighted by molar-refractivity contribution is 0.355. The van der Waals surface area contributed by atoms with E-state index in [4.69, 9.17) is 20.5 Å². The first-order valence-corrected chi connectivity index (χ1v) is 6.36. The predicted molar refractivity (Wildman–Crippen MR) is 83.2 cm³/mol. The van der Waals surface area contributed by atoms with Gasteiger partial charge in [-0.3, -0.25) is 0 Å². The Bertz CT molecular complexity index is 675. The highest BCUT2D eigenvalue weighted by molar-refractivity contribution is 5.78. The molecule has 0 spiro atoms. The molecule has 5 nitrogen and oxygen atoms in total. The van der Waals surface area contributed by atoms with Crippen LogP contribution in [0, 0.1) is 11.3 Å². The van der Waals surface area contributed by atoms with Gasteiger partial charge in [0.15, 0.2) is 11.5 Å². The molecule has 0 unspecified atom stereocenters. The van der Waals surface area contributed by atoms with E-state index in [-0.39, 0.29) is 0 Å². The Morgan fingerprint density at radius 2 is 1.62 bits per heavy atom. The third-order valence-corrected chi connectivity index (χ3v) is 3.28. The molecule has 2 aromatic rings. The first-order valence-electron chi connectivity index (χ1n) is 6.36. The Morgan fingerprint density at radius 3 is 2.14 bits per heavy atom. The van der Waals surface area contributed by atoms with Crippen LogP contribution in [-0.2, 0) is 0 Å². The number of nitriles is 1. The van der Waals surface area contributed by atoms with E-state index in [1.807, 2.05) is 30.1 Å². The Labute approximate surface area is 124 Å². The van der Waals surface area contributed by atoms with Gasteiger partial charge in [-0.1, -0.05) is 0 Å². The summed E-state index contributed by atoms with van der Waals surface area (Å²) < 4.78 is 10.5. The summed E-state index contributed by atoms with van der Waals surface area (Å²) in [6, 6.07) is 12.9. The van der Waals surface area contributed by atoms with Gasteiger partial charge in [-0.25, -0.2) is 0 Å². The molecule has 0 atom stereocenters. The standard InChI is InChI=1S/C16H17N3O2/c1-19(12-6-4-11(10-17)5-7-12)14-9-16(21-3)15(20-2)8-13(14)18/h4-9H,18H2,1-3H3. The highest BCUT2D eigenvalue weighted by atomic mass is 16.5. The maximum Gasteiger partial charge on any atom is 0.162 e. The van der Waals surface area contributed by atoms with Crippen molar-refractivity contribution in [3.05, 3.63) is 42.0 Å². The second-order valence-electron chi connectivity index (χ2n) is 4.48. The summed E-state index contributed by atoms with van der Waals surface area (Å²) in [7, 11) is 5.06. The molecule has 2 N–H and O–H groups in total. The SMILES string of the molecule is COc1cc(N)c(N(C)c2ccc(C#N)cc2)cc1OC. The molecule has 0 aliphatic heterocycles. The fourth-order valence-electron chi connectivity index (χ4n) is 2.07. The molecule has 5 heteroatoms. The molecule has 0 bridgehead atoms. The van der Waals surface area contributed by atoms with E-state index in [1.54, 1.807) is 32.4 Å². The molecule has 0 amide bonds. The van der Waals surface area contributed by atoms with Crippen LogP contribution in [0.1, 0.15) is 5.56 Å². The smallest absolute Gasteiger partial charge is 0.162 e. The normalized spacial score (nSPS) is 9.81. The number of rotatable bonds is 4.